The fraction of sp³-hybridized carbons (Fsp3) is 0.125. The number of benzene rings is 3. The second-order valence-corrected chi connectivity index (χ2v) is 6.35. The highest BCUT2D eigenvalue weighted by Gasteiger charge is 2.12. The van der Waals surface area contributed by atoms with Crippen molar-refractivity contribution < 1.29 is 19.4 Å². The summed E-state index contributed by atoms with van der Waals surface area (Å²) in [5, 5.41) is 9.58. The lowest BCUT2D eigenvalue weighted by atomic mass is 10.0. The number of carbonyl (C=O) groups is 1. The molecule has 1 N–H and O–H groups in total. The highest BCUT2D eigenvalue weighted by molar-refractivity contribution is 6.20. The van der Waals surface area contributed by atoms with Crippen molar-refractivity contribution in [2.75, 3.05) is 7.11 Å². The maximum absolute atomic E-state index is 11.7. The Balaban J connectivity index is 1.86. The quantitative estimate of drug-likeness (QED) is 0.456. The third-order valence-electron chi connectivity index (χ3n) is 4.46. The largest absolute Gasteiger partial charge is 0.493 e. The lowest BCUT2D eigenvalue weighted by Crippen LogP contribution is -2.01. The summed E-state index contributed by atoms with van der Waals surface area (Å²) < 4.78 is 11.4. The van der Waals surface area contributed by atoms with E-state index in [1.54, 1.807) is 37.5 Å². The zero-order valence-electron chi connectivity index (χ0n) is 15.9. The first-order valence-corrected chi connectivity index (χ1v) is 8.94. The summed E-state index contributed by atoms with van der Waals surface area (Å²) in [6.45, 7) is 2.48. The van der Waals surface area contributed by atoms with E-state index in [-0.39, 0.29) is 5.57 Å². The van der Waals surface area contributed by atoms with Gasteiger partial charge in [0, 0.05) is 0 Å². The Hall–Kier alpha value is -3.53. The molecule has 28 heavy (non-hydrogen) atoms. The van der Waals surface area contributed by atoms with Gasteiger partial charge in [0.1, 0.15) is 6.61 Å². The maximum atomic E-state index is 11.7. The molecule has 3 aromatic rings. The van der Waals surface area contributed by atoms with Crippen LogP contribution in [-0.2, 0) is 11.4 Å². The molecule has 0 saturated carbocycles. The van der Waals surface area contributed by atoms with Gasteiger partial charge in [0.25, 0.3) is 0 Å². The lowest BCUT2D eigenvalue weighted by Gasteiger charge is -2.13. The number of carboxylic acids is 1. The van der Waals surface area contributed by atoms with Crippen LogP contribution in [0.1, 0.15) is 22.3 Å². The smallest absolute Gasteiger partial charge is 0.336 e. The number of methoxy groups -OCH3 is 1. The minimum Gasteiger partial charge on any atom is -0.493 e. The highest BCUT2D eigenvalue weighted by Crippen LogP contribution is 2.31. The van der Waals surface area contributed by atoms with Crippen LogP contribution in [0, 0.1) is 6.92 Å². The summed E-state index contributed by atoms with van der Waals surface area (Å²) in [5.41, 5.74) is 3.85. The fourth-order valence-electron chi connectivity index (χ4n) is 2.87. The molecule has 3 aromatic carbocycles. The van der Waals surface area contributed by atoms with E-state index >= 15 is 0 Å². The van der Waals surface area contributed by atoms with Crippen LogP contribution in [0.2, 0.25) is 0 Å². The highest BCUT2D eigenvalue weighted by atomic mass is 16.5. The van der Waals surface area contributed by atoms with E-state index in [0.717, 1.165) is 16.7 Å². The van der Waals surface area contributed by atoms with Crippen molar-refractivity contribution in [3.63, 3.8) is 0 Å². The van der Waals surface area contributed by atoms with E-state index < -0.39 is 5.97 Å². The number of carboxylic acid groups (broad SMARTS) is 1. The van der Waals surface area contributed by atoms with Crippen LogP contribution in [-0.4, -0.2) is 18.2 Å². The molecule has 0 amide bonds. The Bertz CT molecular complexity index is 990. The molecule has 0 aliphatic rings. The van der Waals surface area contributed by atoms with Gasteiger partial charge in [0.15, 0.2) is 11.5 Å². The predicted molar refractivity (Wildman–Crippen MR) is 110 cm³/mol. The molecule has 0 unspecified atom stereocenters. The zero-order valence-corrected chi connectivity index (χ0v) is 15.9. The van der Waals surface area contributed by atoms with Crippen molar-refractivity contribution in [2.45, 2.75) is 13.5 Å². The molecule has 4 nitrogen and oxygen atoms in total. The molecule has 0 radical (unpaired) electrons. The average Bonchev–Trinajstić information content (AvgIpc) is 2.72. The Morgan fingerprint density at radius 3 is 2.36 bits per heavy atom. The zero-order chi connectivity index (χ0) is 19.9. The second-order valence-electron chi connectivity index (χ2n) is 6.35. The van der Waals surface area contributed by atoms with Crippen LogP contribution in [0.3, 0.4) is 0 Å². The third-order valence-corrected chi connectivity index (χ3v) is 4.46. The topological polar surface area (TPSA) is 55.8 Å². The van der Waals surface area contributed by atoms with Crippen molar-refractivity contribution in [2.24, 2.45) is 0 Å². The Kier molecular flexibility index (Phi) is 6.12. The minimum absolute atomic E-state index is 0.219. The molecular weight excluding hydrogens is 352 g/mol. The number of aryl methyl sites for hydroxylation is 1. The number of hydrogen-bond acceptors (Lipinski definition) is 3. The summed E-state index contributed by atoms with van der Waals surface area (Å²) in [6.07, 6.45) is 1.63. The molecule has 0 aromatic heterocycles. The Labute approximate surface area is 164 Å². The molecule has 0 atom stereocenters. The van der Waals surface area contributed by atoms with Gasteiger partial charge in [-0.1, -0.05) is 60.7 Å². The van der Waals surface area contributed by atoms with E-state index in [1.165, 1.54) is 0 Å². The van der Waals surface area contributed by atoms with Crippen molar-refractivity contribution in [3.8, 4) is 11.5 Å². The summed E-state index contributed by atoms with van der Waals surface area (Å²) >= 11 is 0. The van der Waals surface area contributed by atoms with Gasteiger partial charge in [-0.15, -0.1) is 0 Å². The lowest BCUT2D eigenvalue weighted by molar-refractivity contribution is -0.130. The van der Waals surface area contributed by atoms with E-state index in [0.29, 0.717) is 23.7 Å². The van der Waals surface area contributed by atoms with Crippen LogP contribution < -0.4 is 9.47 Å². The van der Waals surface area contributed by atoms with Gasteiger partial charge >= 0.3 is 5.97 Å². The van der Waals surface area contributed by atoms with Gasteiger partial charge in [-0.2, -0.15) is 0 Å². The summed E-state index contributed by atoms with van der Waals surface area (Å²) in [4.78, 5) is 11.7. The van der Waals surface area contributed by atoms with Gasteiger partial charge in [-0.05, 0) is 47.4 Å². The molecule has 0 aliphatic heterocycles. The van der Waals surface area contributed by atoms with Crippen LogP contribution in [0.25, 0.3) is 11.6 Å². The molecular formula is C24H22O4. The Morgan fingerprint density at radius 1 is 0.964 bits per heavy atom. The minimum atomic E-state index is -0.981. The van der Waals surface area contributed by atoms with E-state index in [2.05, 4.69) is 0 Å². The number of aliphatic carboxylic acids is 1. The summed E-state index contributed by atoms with van der Waals surface area (Å²) in [5.74, 6) is 0.185. The monoisotopic (exact) mass is 374 g/mol. The normalized spacial score (nSPS) is 11.1. The van der Waals surface area contributed by atoms with Gasteiger partial charge in [-0.25, -0.2) is 4.79 Å². The van der Waals surface area contributed by atoms with E-state index in [9.17, 15) is 9.90 Å². The molecule has 0 fully saturated rings. The standard InChI is InChI=1S/C24H22O4/c1-17-8-6-7-11-20(17)16-28-22-13-12-18(15-23(22)27-2)14-21(24(25)26)19-9-4-3-5-10-19/h3-15H,16H2,1-2H3,(H,25,26). The SMILES string of the molecule is COc1cc(C=C(C(=O)O)c2ccccc2)ccc1OCc1ccccc1C. The van der Waals surface area contributed by atoms with Crippen LogP contribution in [0.15, 0.2) is 72.8 Å². The number of hydrogen-bond donors (Lipinski definition) is 1. The summed E-state index contributed by atoms with van der Waals surface area (Å²) in [6, 6.07) is 22.5. The number of rotatable bonds is 7. The van der Waals surface area contributed by atoms with Crippen molar-refractivity contribution >= 4 is 17.6 Å². The van der Waals surface area contributed by atoms with Crippen molar-refractivity contribution in [1.29, 1.82) is 0 Å². The van der Waals surface area contributed by atoms with E-state index in [4.69, 9.17) is 9.47 Å². The molecule has 0 saturated heterocycles. The average molecular weight is 374 g/mol. The van der Waals surface area contributed by atoms with Gasteiger partial charge in [0.2, 0.25) is 0 Å². The second kappa shape index (κ2) is 8.91. The van der Waals surface area contributed by atoms with Crippen LogP contribution >= 0.6 is 0 Å². The molecule has 0 bridgehead atoms. The molecule has 3 rings (SSSR count). The first-order chi connectivity index (χ1) is 13.6. The third kappa shape index (κ3) is 4.60. The van der Waals surface area contributed by atoms with Crippen LogP contribution in [0.4, 0.5) is 0 Å². The molecule has 142 valence electrons. The van der Waals surface area contributed by atoms with Gasteiger partial charge in [0.05, 0.1) is 12.7 Å². The molecule has 4 heteroatoms. The van der Waals surface area contributed by atoms with E-state index in [1.807, 2.05) is 55.5 Å². The summed E-state index contributed by atoms with van der Waals surface area (Å²) in [7, 11) is 1.57. The van der Waals surface area contributed by atoms with Crippen LogP contribution in [0.5, 0.6) is 11.5 Å². The molecule has 0 aliphatic carbocycles. The molecule has 0 spiro atoms. The predicted octanol–water partition coefficient (Wildman–Crippen LogP) is 5.21. The van der Waals surface area contributed by atoms with Crippen molar-refractivity contribution in [3.05, 3.63) is 95.1 Å². The fourth-order valence-corrected chi connectivity index (χ4v) is 2.87. The first-order valence-electron chi connectivity index (χ1n) is 8.94. The first kappa shape index (κ1) is 19.2. The number of ether oxygens (including phenoxy) is 2. The maximum Gasteiger partial charge on any atom is 0.336 e. The van der Waals surface area contributed by atoms with Gasteiger partial charge < -0.3 is 14.6 Å². The molecule has 0 heterocycles. The van der Waals surface area contributed by atoms with Crippen molar-refractivity contribution in [1.82, 2.24) is 0 Å². The Morgan fingerprint density at radius 2 is 1.68 bits per heavy atom. The van der Waals surface area contributed by atoms with Gasteiger partial charge in [-0.3, -0.25) is 0 Å².